The summed E-state index contributed by atoms with van der Waals surface area (Å²) in [5.41, 5.74) is 2.69. The van der Waals surface area contributed by atoms with Crippen LogP contribution in [0.2, 0.25) is 0 Å². The van der Waals surface area contributed by atoms with E-state index in [4.69, 9.17) is 0 Å². The third kappa shape index (κ3) is 2.47. The van der Waals surface area contributed by atoms with Crippen LogP contribution in [0.25, 0.3) is 21.9 Å². The van der Waals surface area contributed by atoms with Crippen molar-refractivity contribution in [1.29, 1.82) is 0 Å². The van der Waals surface area contributed by atoms with Crippen molar-refractivity contribution in [2.45, 2.75) is 0 Å². The minimum Gasteiger partial charge on any atom is -0.349 e. The molecule has 0 saturated carbocycles. The van der Waals surface area contributed by atoms with E-state index in [0.29, 0.717) is 11.0 Å². The van der Waals surface area contributed by atoms with Crippen molar-refractivity contribution in [1.82, 2.24) is 14.6 Å². The van der Waals surface area contributed by atoms with Crippen LogP contribution in [-0.4, -0.2) is 20.9 Å². The maximum absolute atomic E-state index is 12.5. The molecule has 0 radical (unpaired) electrons. The SMILES string of the molecule is O=c1c2[nH]c3ccccc3c2ncn1/N=C/c1ccc(Br)cc1. The van der Waals surface area contributed by atoms with Gasteiger partial charge in [-0.05, 0) is 23.8 Å². The molecular formula is C17H11BrN4O. The number of benzene rings is 2. The second kappa shape index (κ2) is 5.48. The lowest BCUT2D eigenvalue weighted by molar-refractivity contribution is 0.815. The maximum atomic E-state index is 12.5. The van der Waals surface area contributed by atoms with Crippen molar-refractivity contribution in [3.63, 3.8) is 0 Å². The molecule has 2 heterocycles. The molecule has 23 heavy (non-hydrogen) atoms. The highest BCUT2D eigenvalue weighted by Crippen LogP contribution is 2.20. The molecule has 2 aromatic heterocycles. The average molecular weight is 367 g/mol. The van der Waals surface area contributed by atoms with Crippen molar-refractivity contribution in [3.8, 4) is 0 Å². The van der Waals surface area contributed by atoms with E-state index < -0.39 is 0 Å². The maximum Gasteiger partial charge on any atom is 0.298 e. The molecule has 0 saturated heterocycles. The van der Waals surface area contributed by atoms with E-state index >= 15 is 0 Å². The summed E-state index contributed by atoms with van der Waals surface area (Å²) in [4.78, 5) is 20.0. The summed E-state index contributed by atoms with van der Waals surface area (Å²) in [6.07, 6.45) is 3.07. The second-order valence-corrected chi connectivity index (χ2v) is 6.00. The van der Waals surface area contributed by atoms with Gasteiger partial charge in [0.1, 0.15) is 17.4 Å². The molecule has 0 aliphatic heterocycles. The van der Waals surface area contributed by atoms with Crippen LogP contribution in [0.15, 0.2) is 69.2 Å². The Kier molecular flexibility index (Phi) is 3.31. The molecule has 5 nitrogen and oxygen atoms in total. The number of para-hydroxylation sites is 1. The van der Waals surface area contributed by atoms with Crippen molar-refractivity contribution in [2.24, 2.45) is 5.10 Å². The summed E-state index contributed by atoms with van der Waals surface area (Å²) in [5, 5.41) is 5.14. The molecule has 4 rings (SSSR count). The van der Waals surface area contributed by atoms with Gasteiger partial charge in [-0.25, -0.2) is 4.98 Å². The lowest BCUT2D eigenvalue weighted by Gasteiger charge is -1.98. The van der Waals surface area contributed by atoms with Gasteiger partial charge in [0, 0.05) is 15.4 Å². The summed E-state index contributed by atoms with van der Waals surface area (Å²) in [5.74, 6) is 0. The van der Waals surface area contributed by atoms with E-state index in [2.05, 4.69) is 31.0 Å². The Morgan fingerprint density at radius 2 is 1.91 bits per heavy atom. The number of aromatic amines is 1. The Morgan fingerprint density at radius 3 is 2.74 bits per heavy atom. The topological polar surface area (TPSA) is 63.0 Å². The van der Waals surface area contributed by atoms with Gasteiger partial charge in [-0.15, -0.1) is 0 Å². The number of halogens is 1. The van der Waals surface area contributed by atoms with Crippen LogP contribution >= 0.6 is 15.9 Å². The highest BCUT2D eigenvalue weighted by atomic mass is 79.9. The Hall–Kier alpha value is -2.73. The van der Waals surface area contributed by atoms with Gasteiger partial charge in [0.15, 0.2) is 0 Å². The summed E-state index contributed by atoms with van der Waals surface area (Å²) in [6.45, 7) is 0. The summed E-state index contributed by atoms with van der Waals surface area (Å²) >= 11 is 3.38. The number of nitrogens with zero attached hydrogens (tertiary/aromatic N) is 3. The lowest BCUT2D eigenvalue weighted by Crippen LogP contribution is -2.17. The summed E-state index contributed by atoms with van der Waals surface area (Å²) in [6, 6.07) is 15.4. The standard InChI is InChI=1S/C17H11BrN4O/c18-12-7-5-11(6-8-12)9-20-22-10-19-15-13-3-1-2-4-14(13)21-16(15)17(22)23/h1-10,21H/b20-9+. The van der Waals surface area contributed by atoms with Gasteiger partial charge in [0.05, 0.1) is 6.21 Å². The zero-order valence-corrected chi connectivity index (χ0v) is 13.5. The zero-order valence-electron chi connectivity index (χ0n) is 11.9. The molecule has 2 aromatic carbocycles. The molecule has 0 aliphatic carbocycles. The van der Waals surface area contributed by atoms with E-state index in [-0.39, 0.29) is 5.56 Å². The number of fused-ring (bicyclic) bond motifs is 3. The summed E-state index contributed by atoms with van der Waals surface area (Å²) < 4.78 is 2.23. The fourth-order valence-corrected chi connectivity index (χ4v) is 2.72. The van der Waals surface area contributed by atoms with E-state index in [1.54, 1.807) is 6.21 Å². The first-order valence-corrected chi connectivity index (χ1v) is 7.80. The predicted octanol–water partition coefficient (Wildman–Crippen LogP) is 3.52. The first-order valence-electron chi connectivity index (χ1n) is 7.00. The van der Waals surface area contributed by atoms with Crippen molar-refractivity contribution in [3.05, 3.63) is 75.2 Å². The van der Waals surface area contributed by atoms with E-state index in [0.717, 1.165) is 20.9 Å². The molecule has 0 unspecified atom stereocenters. The number of nitrogens with one attached hydrogen (secondary N) is 1. The van der Waals surface area contributed by atoms with Crippen LogP contribution in [0.5, 0.6) is 0 Å². The van der Waals surface area contributed by atoms with Gasteiger partial charge in [0.25, 0.3) is 5.56 Å². The molecule has 0 spiro atoms. The van der Waals surface area contributed by atoms with Crippen LogP contribution in [-0.2, 0) is 0 Å². The van der Waals surface area contributed by atoms with Gasteiger partial charge >= 0.3 is 0 Å². The van der Waals surface area contributed by atoms with E-state index in [9.17, 15) is 4.79 Å². The third-order valence-electron chi connectivity index (χ3n) is 3.60. The molecule has 0 aliphatic rings. The lowest BCUT2D eigenvalue weighted by atomic mass is 10.2. The second-order valence-electron chi connectivity index (χ2n) is 5.08. The van der Waals surface area contributed by atoms with E-state index in [1.807, 2.05) is 48.5 Å². The number of rotatable bonds is 2. The highest BCUT2D eigenvalue weighted by molar-refractivity contribution is 9.10. The minimum absolute atomic E-state index is 0.223. The molecule has 0 atom stereocenters. The first-order chi connectivity index (χ1) is 11.2. The van der Waals surface area contributed by atoms with E-state index in [1.165, 1.54) is 11.0 Å². The smallest absolute Gasteiger partial charge is 0.298 e. The Labute approximate surface area is 139 Å². The highest BCUT2D eigenvalue weighted by Gasteiger charge is 2.09. The van der Waals surface area contributed by atoms with Gasteiger partial charge in [-0.2, -0.15) is 9.78 Å². The molecule has 0 fully saturated rings. The molecular weight excluding hydrogens is 356 g/mol. The Balaban J connectivity index is 1.82. The molecule has 6 heteroatoms. The number of H-pyrrole nitrogens is 1. The summed E-state index contributed by atoms with van der Waals surface area (Å²) in [7, 11) is 0. The van der Waals surface area contributed by atoms with Crippen molar-refractivity contribution >= 4 is 44.1 Å². The van der Waals surface area contributed by atoms with Crippen LogP contribution < -0.4 is 5.56 Å². The normalized spacial score (nSPS) is 11.7. The largest absolute Gasteiger partial charge is 0.349 e. The number of hydrogen-bond acceptors (Lipinski definition) is 3. The molecule has 112 valence electrons. The van der Waals surface area contributed by atoms with Gasteiger partial charge in [-0.1, -0.05) is 46.3 Å². The van der Waals surface area contributed by atoms with Crippen LogP contribution in [0.3, 0.4) is 0 Å². The van der Waals surface area contributed by atoms with Crippen molar-refractivity contribution < 1.29 is 0 Å². The zero-order chi connectivity index (χ0) is 15.8. The van der Waals surface area contributed by atoms with Crippen LogP contribution in [0.4, 0.5) is 0 Å². The van der Waals surface area contributed by atoms with Gasteiger partial charge < -0.3 is 4.98 Å². The first kappa shape index (κ1) is 13.9. The van der Waals surface area contributed by atoms with Crippen molar-refractivity contribution in [2.75, 3.05) is 0 Å². The van der Waals surface area contributed by atoms with Gasteiger partial charge in [-0.3, -0.25) is 4.79 Å². The molecule has 0 amide bonds. The number of hydrogen-bond donors (Lipinski definition) is 1. The van der Waals surface area contributed by atoms with Crippen LogP contribution in [0, 0.1) is 0 Å². The average Bonchev–Trinajstić information content (AvgIpc) is 2.95. The monoisotopic (exact) mass is 366 g/mol. The van der Waals surface area contributed by atoms with Crippen LogP contribution in [0.1, 0.15) is 5.56 Å². The molecule has 0 bridgehead atoms. The van der Waals surface area contributed by atoms with Gasteiger partial charge in [0.2, 0.25) is 0 Å². The predicted molar refractivity (Wildman–Crippen MR) is 95.0 cm³/mol. The fraction of sp³-hybridized carbons (Fsp3) is 0. The number of aromatic nitrogens is 3. The fourth-order valence-electron chi connectivity index (χ4n) is 2.46. The molecule has 1 N–H and O–H groups in total. The molecule has 4 aromatic rings. The Bertz CT molecular complexity index is 1090. The third-order valence-corrected chi connectivity index (χ3v) is 4.13. The Morgan fingerprint density at radius 1 is 1.13 bits per heavy atom. The quantitative estimate of drug-likeness (QED) is 0.551. The minimum atomic E-state index is -0.223.